The van der Waals surface area contributed by atoms with Gasteiger partial charge in [0.05, 0.1) is 28.4 Å². The van der Waals surface area contributed by atoms with Crippen LogP contribution in [-0.2, 0) is 21.0 Å². The number of aliphatic hydroxyl groups excluding tert-OH is 2. The van der Waals surface area contributed by atoms with Gasteiger partial charge in [-0.1, -0.05) is 72.6 Å². The van der Waals surface area contributed by atoms with Crippen LogP contribution in [0.25, 0.3) is 11.1 Å². The van der Waals surface area contributed by atoms with E-state index in [0.717, 1.165) is 64.1 Å². The molecule has 2 aliphatic carbocycles. The van der Waals surface area contributed by atoms with Crippen LogP contribution in [0.3, 0.4) is 0 Å². The van der Waals surface area contributed by atoms with Crippen molar-refractivity contribution in [3.05, 3.63) is 167 Å². The highest BCUT2D eigenvalue weighted by molar-refractivity contribution is 8.00. The first kappa shape index (κ1) is 47.3. The third kappa shape index (κ3) is 11.0. The number of nitrogens with zero attached hydrogens (tertiary/aromatic N) is 2. The number of thioether (sulfide) groups is 1. The van der Waals surface area contributed by atoms with Crippen molar-refractivity contribution < 1.29 is 39.0 Å². The lowest BCUT2D eigenvalue weighted by Gasteiger charge is -2.58. The van der Waals surface area contributed by atoms with Crippen molar-refractivity contribution in [3.8, 4) is 28.4 Å². The van der Waals surface area contributed by atoms with Crippen LogP contribution in [0, 0.1) is 27.9 Å². The average Bonchev–Trinajstić information content (AvgIpc) is 3.34. The Morgan fingerprint density at radius 2 is 1.61 bits per heavy atom. The summed E-state index contributed by atoms with van der Waals surface area (Å²) in [7, 11) is 0. The molecule has 1 aliphatic heterocycles. The van der Waals surface area contributed by atoms with E-state index in [1.54, 1.807) is 30.0 Å². The van der Waals surface area contributed by atoms with Crippen molar-refractivity contribution in [3.63, 3.8) is 0 Å². The standard InChI is InChI=1S/C54H57N3O9S/c1-3-31-63-54-51(67-45-26-19-41(20-27-45)55-36(2)60)34-49(56-64-35-37-15-21-42(22-16-37)57(61)62)47-32-40(13-7-9-29-58)46(14-8-10-30-59)52(53(47)54)48-33-44(25-28-50(48)66-54)65-43-23-17-39(18-24-43)38-11-5-4-6-12-38/h3-6,11-12,15-28,32-33,40,46,51-53,58-59H,1,7-10,13-14,29-31,34-35H2,2H3,(H,55,60). The second-order valence-corrected chi connectivity index (χ2v) is 18.5. The summed E-state index contributed by atoms with van der Waals surface area (Å²) in [5.41, 5.74) is 6.33. The number of rotatable bonds is 21. The molecule has 3 N–H and O–H groups in total. The molecule has 0 radical (unpaired) electrons. The highest BCUT2D eigenvalue weighted by Crippen LogP contribution is 2.63. The second kappa shape index (κ2) is 22.0. The second-order valence-electron chi connectivity index (χ2n) is 17.3. The fraction of sp³-hybridized carbons (Fsp3) is 0.333. The number of nitrogens with one attached hydrogen (secondary N) is 1. The predicted molar refractivity (Wildman–Crippen MR) is 261 cm³/mol. The lowest BCUT2D eigenvalue weighted by Crippen LogP contribution is -2.64. The number of ether oxygens (including phenoxy) is 3. The number of hydrogen-bond donors (Lipinski definition) is 3. The Morgan fingerprint density at radius 3 is 2.30 bits per heavy atom. The molecule has 6 unspecified atom stereocenters. The SMILES string of the molecule is C=CCOC12Oc3ccc(Oc4ccc(-c5ccccc5)cc4)cc3C3C(CCCCO)C(CCCCO)C=C(C(=NOCc4ccc([N+](=O)[O-])cc4)CC1Sc1ccc(NC(C)=O)cc1)C32. The summed E-state index contributed by atoms with van der Waals surface area (Å²) in [6, 6.07) is 38.3. The Kier molecular flexibility index (Phi) is 15.5. The molecule has 67 heavy (non-hydrogen) atoms. The monoisotopic (exact) mass is 923 g/mol. The number of carbonyl (C=O) groups is 1. The lowest BCUT2D eigenvalue weighted by atomic mass is 9.56. The van der Waals surface area contributed by atoms with Crippen molar-refractivity contribution >= 4 is 34.8 Å². The van der Waals surface area contributed by atoms with Crippen molar-refractivity contribution in [1.82, 2.24) is 0 Å². The van der Waals surface area contributed by atoms with Gasteiger partial charge in [-0.25, -0.2) is 0 Å². The van der Waals surface area contributed by atoms with Crippen LogP contribution >= 0.6 is 11.8 Å². The van der Waals surface area contributed by atoms with Crippen LogP contribution in [-0.4, -0.2) is 57.6 Å². The van der Waals surface area contributed by atoms with Gasteiger partial charge in [0.25, 0.3) is 5.69 Å². The van der Waals surface area contributed by atoms with Crippen molar-refractivity contribution in [2.45, 2.75) is 80.3 Å². The molecule has 0 saturated heterocycles. The molecule has 13 heteroatoms. The minimum atomic E-state index is -1.23. The Hall–Kier alpha value is -6.25. The summed E-state index contributed by atoms with van der Waals surface area (Å²) < 4.78 is 21.1. The van der Waals surface area contributed by atoms with Crippen molar-refractivity contribution in [2.75, 3.05) is 25.1 Å². The van der Waals surface area contributed by atoms with Gasteiger partial charge in [-0.3, -0.25) is 14.9 Å². The number of nitro benzene ring substituents is 1. The third-order valence-electron chi connectivity index (χ3n) is 12.8. The van der Waals surface area contributed by atoms with Crippen LogP contribution in [0.5, 0.6) is 17.2 Å². The van der Waals surface area contributed by atoms with Gasteiger partial charge < -0.3 is 34.6 Å². The zero-order valence-electron chi connectivity index (χ0n) is 37.6. The van der Waals surface area contributed by atoms with E-state index < -0.39 is 10.7 Å². The van der Waals surface area contributed by atoms with E-state index in [1.165, 1.54) is 19.1 Å². The van der Waals surface area contributed by atoms with E-state index in [0.29, 0.717) is 42.2 Å². The summed E-state index contributed by atoms with van der Waals surface area (Å²) in [5, 5.41) is 38.7. The highest BCUT2D eigenvalue weighted by Gasteiger charge is 2.64. The number of anilines is 1. The molecule has 1 saturated carbocycles. The molecule has 348 valence electrons. The normalized spacial score (nSPS) is 22.1. The number of aliphatic hydroxyl groups is 2. The van der Waals surface area contributed by atoms with E-state index in [9.17, 15) is 25.1 Å². The molecule has 1 heterocycles. The van der Waals surface area contributed by atoms with Crippen molar-refractivity contribution in [1.29, 1.82) is 0 Å². The van der Waals surface area contributed by atoms with Crippen LogP contribution in [0.1, 0.15) is 68.9 Å². The van der Waals surface area contributed by atoms with E-state index in [2.05, 4.69) is 48.3 Å². The first-order valence-electron chi connectivity index (χ1n) is 23.0. The lowest BCUT2D eigenvalue weighted by molar-refractivity contribution is -0.384. The number of carbonyl (C=O) groups excluding carboxylic acids is 1. The maximum absolute atomic E-state index is 11.9. The molecular formula is C54H57N3O9S. The van der Waals surface area contributed by atoms with Crippen LogP contribution < -0.4 is 14.8 Å². The van der Waals surface area contributed by atoms with Crippen LogP contribution in [0.15, 0.2) is 156 Å². The maximum Gasteiger partial charge on any atom is 0.269 e. The van der Waals surface area contributed by atoms with Gasteiger partial charge in [-0.05, 0) is 127 Å². The number of hydrogen-bond acceptors (Lipinski definition) is 11. The highest BCUT2D eigenvalue weighted by atomic mass is 32.2. The van der Waals surface area contributed by atoms with Crippen LogP contribution in [0.2, 0.25) is 0 Å². The zero-order chi connectivity index (χ0) is 46.8. The number of fused-ring (bicyclic) bond motifs is 2. The maximum atomic E-state index is 11.9. The van der Waals surface area contributed by atoms with Gasteiger partial charge in [0.2, 0.25) is 11.7 Å². The molecule has 12 nitrogen and oxygen atoms in total. The number of amides is 1. The summed E-state index contributed by atoms with van der Waals surface area (Å²) in [6.45, 7) is 6.03. The minimum Gasteiger partial charge on any atom is -0.460 e. The number of non-ortho nitro benzene ring substituents is 1. The predicted octanol–water partition coefficient (Wildman–Crippen LogP) is 11.6. The molecule has 5 aromatic carbocycles. The van der Waals surface area contributed by atoms with Gasteiger partial charge in [-0.15, -0.1) is 18.3 Å². The number of benzene rings is 5. The third-order valence-corrected chi connectivity index (χ3v) is 14.1. The van der Waals surface area contributed by atoms with Crippen LogP contribution in [0.4, 0.5) is 11.4 Å². The molecule has 0 aromatic heterocycles. The van der Waals surface area contributed by atoms with E-state index in [1.807, 2.05) is 66.7 Å². The van der Waals surface area contributed by atoms with Crippen molar-refractivity contribution in [2.24, 2.45) is 22.9 Å². The van der Waals surface area contributed by atoms with Gasteiger partial charge in [0, 0.05) is 60.8 Å². The molecule has 1 fully saturated rings. The zero-order valence-corrected chi connectivity index (χ0v) is 38.4. The Bertz CT molecular complexity index is 2550. The molecule has 3 aliphatic rings. The smallest absolute Gasteiger partial charge is 0.269 e. The number of nitro groups is 1. The average molecular weight is 924 g/mol. The summed E-state index contributed by atoms with van der Waals surface area (Å²) in [5.74, 6) is 0.274. The van der Waals surface area contributed by atoms with Gasteiger partial charge in [0.1, 0.15) is 23.9 Å². The topological polar surface area (TPSA) is 162 Å². The largest absolute Gasteiger partial charge is 0.460 e. The van der Waals surface area contributed by atoms with Gasteiger partial charge >= 0.3 is 0 Å². The van der Waals surface area contributed by atoms with E-state index in [4.69, 9.17) is 24.2 Å². The Morgan fingerprint density at radius 1 is 0.910 bits per heavy atom. The minimum absolute atomic E-state index is 0.00512. The first-order chi connectivity index (χ1) is 32.7. The number of allylic oxidation sites excluding steroid dienone is 1. The summed E-state index contributed by atoms with van der Waals surface area (Å²) in [6.07, 6.45) is 9.09. The summed E-state index contributed by atoms with van der Waals surface area (Å²) in [4.78, 5) is 30.0. The first-order valence-corrected chi connectivity index (χ1v) is 23.9. The number of oxime groups is 1. The van der Waals surface area contributed by atoms with Gasteiger partial charge in [0.15, 0.2) is 0 Å². The molecule has 0 spiro atoms. The molecular weight excluding hydrogens is 867 g/mol. The molecule has 8 rings (SSSR count). The molecule has 5 aromatic rings. The molecule has 6 atom stereocenters. The van der Waals surface area contributed by atoms with Gasteiger partial charge in [-0.2, -0.15) is 0 Å². The quantitative estimate of drug-likeness (QED) is 0.0279. The molecule has 0 bridgehead atoms. The molecule has 1 amide bonds. The Labute approximate surface area is 395 Å². The Balaban J connectivity index is 1.25. The summed E-state index contributed by atoms with van der Waals surface area (Å²) >= 11 is 1.61. The number of unbranched alkanes of at least 4 members (excludes halogenated alkanes) is 2. The van der Waals surface area contributed by atoms with E-state index in [-0.39, 0.29) is 66.9 Å². The fourth-order valence-electron chi connectivity index (χ4n) is 9.85. The fourth-order valence-corrected chi connectivity index (χ4v) is 11.1. The van der Waals surface area contributed by atoms with E-state index >= 15 is 0 Å².